The van der Waals surface area contributed by atoms with Crippen LogP contribution in [-0.2, 0) is 4.79 Å². The average molecular weight is 205 g/mol. The average Bonchev–Trinajstić information content (AvgIpc) is 2.24. The standard InChI is InChI=1S/C12H15NO2/c14-12(15)8-4-2-1-3-6-11-7-5-9-13-10-11/h3,5-7,9-10H,1-2,4,8H2,(H,14,15)/b6-3+. The van der Waals surface area contributed by atoms with Crippen LogP contribution in [-0.4, -0.2) is 16.1 Å². The first-order valence-electron chi connectivity index (χ1n) is 5.07. The van der Waals surface area contributed by atoms with E-state index in [9.17, 15) is 4.79 Å². The zero-order chi connectivity index (χ0) is 10.9. The van der Waals surface area contributed by atoms with E-state index < -0.39 is 5.97 Å². The molecule has 1 aromatic heterocycles. The summed E-state index contributed by atoms with van der Waals surface area (Å²) in [6.07, 6.45) is 10.4. The summed E-state index contributed by atoms with van der Waals surface area (Å²) in [5.74, 6) is -0.716. The first-order valence-corrected chi connectivity index (χ1v) is 5.07. The first-order chi connectivity index (χ1) is 7.29. The maximum Gasteiger partial charge on any atom is 0.303 e. The molecule has 0 aliphatic heterocycles. The van der Waals surface area contributed by atoms with E-state index in [2.05, 4.69) is 11.1 Å². The fraction of sp³-hybridized carbons (Fsp3) is 0.333. The van der Waals surface area contributed by atoms with Crippen LogP contribution < -0.4 is 0 Å². The lowest BCUT2D eigenvalue weighted by atomic mass is 10.1. The number of aromatic nitrogens is 1. The second-order valence-corrected chi connectivity index (χ2v) is 3.33. The van der Waals surface area contributed by atoms with Crippen molar-refractivity contribution < 1.29 is 9.90 Å². The third kappa shape index (κ3) is 5.62. The van der Waals surface area contributed by atoms with Crippen molar-refractivity contribution in [1.82, 2.24) is 4.98 Å². The first kappa shape index (κ1) is 11.4. The zero-order valence-electron chi connectivity index (χ0n) is 8.60. The lowest BCUT2D eigenvalue weighted by Gasteiger charge is -1.93. The Hall–Kier alpha value is -1.64. The summed E-state index contributed by atoms with van der Waals surface area (Å²) in [5.41, 5.74) is 1.08. The summed E-state index contributed by atoms with van der Waals surface area (Å²) < 4.78 is 0. The molecule has 15 heavy (non-hydrogen) atoms. The van der Waals surface area contributed by atoms with Crippen LogP contribution in [0.3, 0.4) is 0 Å². The molecular formula is C12H15NO2. The summed E-state index contributed by atoms with van der Waals surface area (Å²) in [4.78, 5) is 14.2. The molecule has 80 valence electrons. The normalized spacial score (nSPS) is 10.7. The highest BCUT2D eigenvalue weighted by Crippen LogP contribution is 2.04. The van der Waals surface area contributed by atoms with Crippen molar-refractivity contribution in [3.8, 4) is 0 Å². The lowest BCUT2D eigenvalue weighted by Crippen LogP contribution is -1.92. The number of hydrogen-bond donors (Lipinski definition) is 1. The van der Waals surface area contributed by atoms with Gasteiger partial charge in [0.2, 0.25) is 0 Å². The molecule has 0 aliphatic rings. The summed E-state index contributed by atoms with van der Waals surface area (Å²) in [7, 11) is 0. The van der Waals surface area contributed by atoms with E-state index in [1.807, 2.05) is 18.2 Å². The second kappa shape index (κ2) is 6.76. The predicted molar refractivity (Wildman–Crippen MR) is 59.4 cm³/mol. The molecule has 1 aromatic rings. The molecule has 1 rings (SSSR count). The number of hydrogen-bond acceptors (Lipinski definition) is 2. The summed E-state index contributed by atoms with van der Waals surface area (Å²) in [5, 5.41) is 8.42. The fourth-order valence-corrected chi connectivity index (χ4v) is 1.23. The van der Waals surface area contributed by atoms with Gasteiger partial charge in [-0.15, -0.1) is 0 Å². The molecule has 0 saturated carbocycles. The Morgan fingerprint density at radius 2 is 2.33 bits per heavy atom. The highest BCUT2D eigenvalue weighted by molar-refractivity contribution is 5.66. The highest BCUT2D eigenvalue weighted by atomic mass is 16.4. The van der Waals surface area contributed by atoms with Crippen molar-refractivity contribution in [2.45, 2.75) is 25.7 Å². The molecule has 0 aliphatic carbocycles. The van der Waals surface area contributed by atoms with E-state index >= 15 is 0 Å². The molecule has 0 unspecified atom stereocenters. The SMILES string of the molecule is O=C(O)CCCC/C=C/c1cccnc1. The second-order valence-electron chi connectivity index (χ2n) is 3.33. The van der Waals surface area contributed by atoms with Gasteiger partial charge >= 0.3 is 5.97 Å². The molecular weight excluding hydrogens is 190 g/mol. The van der Waals surface area contributed by atoms with Gasteiger partial charge in [0.05, 0.1) is 0 Å². The lowest BCUT2D eigenvalue weighted by molar-refractivity contribution is -0.137. The van der Waals surface area contributed by atoms with E-state index in [-0.39, 0.29) is 6.42 Å². The van der Waals surface area contributed by atoms with Gasteiger partial charge in [0.25, 0.3) is 0 Å². The number of carboxylic acid groups (broad SMARTS) is 1. The molecule has 1 heterocycles. The van der Waals surface area contributed by atoms with Crippen LogP contribution >= 0.6 is 0 Å². The Morgan fingerprint density at radius 3 is 3.00 bits per heavy atom. The number of carbonyl (C=O) groups is 1. The van der Waals surface area contributed by atoms with Gasteiger partial charge in [0, 0.05) is 18.8 Å². The summed E-state index contributed by atoms with van der Waals surface area (Å²) >= 11 is 0. The van der Waals surface area contributed by atoms with Crippen LogP contribution in [0.25, 0.3) is 6.08 Å². The largest absolute Gasteiger partial charge is 0.481 e. The molecule has 0 bridgehead atoms. The number of unbranched alkanes of at least 4 members (excludes halogenated alkanes) is 2. The molecule has 0 saturated heterocycles. The number of pyridine rings is 1. The third-order valence-corrected chi connectivity index (χ3v) is 2.01. The van der Waals surface area contributed by atoms with Gasteiger partial charge in [-0.2, -0.15) is 0 Å². The van der Waals surface area contributed by atoms with E-state index in [1.165, 1.54) is 0 Å². The maximum absolute atomic E-state index is 10.2. The number of carboxylic acids is 1. The molecule has 0 amide bonds. The van der Waals surface area contributed by atoms with E-state index in [0.717, 1.165) is 24.8 Å². The number of nitrogens with zero attached hydrogens (tertiary/aromatic N) is 1. The molecule has 0 aromatic carbocycles. The maximum atomic E-state index is 10.2. The van der Waals surface area contributed by atoms with Gasteiger partial charge in [-0.05, 0) is 30.9 Å². The number of allylic oxidation sites excluding steroid dienone is 1. The molecule has 3 heteroatoms. The van der Waals surface area contributed by atoms with E-state index in [1.54, 1.807) is 12.4 Å². The minimum Gasteiger partial charge on any atom is -0.481 e. The van der Waals surface area contributed by atoms with Crippen LogP contribution in [0.2, 0.25) is 0 Å². The minimum atomic E-state index is -0.716. The Bertz CT molecular complexity index is 320. The molecule has 0 atom stereocenters. The van der Waals surface area contributed by atoms with Crippen molar-refractivity contribution in [1.29, 1.82) is 0 Å². The monoisotopic (exact) mass is 205 g/mol. The molecule has 3 nitrogen and oxygen atoms in total. The van der Waals surface area contributed by atoms with Crippen LogP contribution in [0.15, 0.2) is 30.6 Å². The van der Waals surface area contributed by atoms with Crippen molar-refractivity contribution in [3.05, 3.63) is 36.2 Å². The Labute approximate surface area is 89.5 Å². The van der Waals surface area contributed by atoms with Gasteiger partial charge in [0.15, 0.2) is 0 Å². The van der Waals surface area contributed by atoms with Crippen molar-refractivity contribution in [2.75, 3.05) is 0 Å². The molecule has 0 fully saturated rings. The topological polar surface area (TPSA) is 50.2 Å². The van der Waals surface area contributed by atoms with Gasteiger partial charge in [-0.3, -0.25) is 9.78 Å². The van der Waals surface area contributed by atoms with Gasteiger partial charge in [0.1, 0.15) is 0 Å². The smallest absolute Gasteiger partial charge is 0.303 e. The highest BCUT2D eigenvalue weighted by Gasteiger charge is 1.94. The fourth-order valence-electron chi connectivity index (χ4n) is 1.23. The number of aliphatic carboxylic acids is 1. The van der Waals surface area contributed by atoms with Crippen LogP contribution in [0, 0.1) is 0 Å². The van der Waals surface area contributed by atoms with Gasteiger partial charge in [-0.1, -0.05) is 18.2 Å². The Kier molecular flexibility index (Phi) is 5.15. The summed E-state index contributed by atoms with van der Waals surface area (Å²) in [6, 6.07) is 3.88. The Balaban J connectivity index is 2.15. The third-order valence-electron chi connectivity index (χ3n) is 2.01. The summed E-state index contributed by atoms with van der Waals surface area (Å²) in [6.45, 7) is 0. The predicted octanol–water partition coefficient (Wildman–Crippen LogP) is 2.74. The molecule has 0 radical (unpaired) electrons. The van der Waals surface area contributed by atoms with Crippen LogP contribution in [0.5, 0.6) is 0 Å². The molecule has 1 N–H and O–H groups in total. The van der Waals surface area contributed by atoms with Gasteiger partial charge in [-0.25, -0.2) is 0 Å². The van der Waals surface area contributed by atoms with E-state index in [0.29, 0.717) is 0 Å². The number of rotatable bonds is 6. The van der Waals surface area contributed by atoms with Crippen molar-refractivity contribution in [3.63, 3.8) is 0 Å². The zero-order valence-corrected chi connectivity index (χ0v) is 8.60. The minimum absolute atomic E-state index is 0.265. The van der Waals surface area contributed by atoms with Crippen molar-refractivity contribution >= 4 is 12.0 Å². The van der Waals surface area contributed by atoms with Crippen LogP contribution in [0.4, 0.5) is 0 Å². The Morgan fingerprint density at radius 1 is 1.47 bits per heavy atom. The molecule has 0 spiro atoms. The quantitative estimate of drug-likeness (QED) is 0.726. The van der Waals surface area contributed by atoms with Crippen molar-refractivity contribution in [2.24, 2.45) is 0 Å². The van der Waals surface area contributed by atoms with E-state index in [4.69, 9.17) is 5.11 Å². The van der Waals surface area contributed by atoms with Gasteiger partial charge < -0.3 is 5.11 Å². The van der Waals surface area contributed by atoms with Crippen LogP contribution in [0.1, 0.15) is 31.2 Å².